The van der Waals surface area contributed by atoms with Gasteiger partial charge >= 0.3 is 0 Å². The molecular weight excluding hydrogens is 340 g/mol. The Labute approximate surface area is 159 Å². The summed E-state index contributed by atoms with van der Waals surface area (Å²) < 4.78 is 1.57. The summed E-state index contributed by atoms with van der Waals surface area (Å²) in [6.45, 7) is 7.94. The van der Waals surface area contributed by atoms with Crippen molar-refractivity contribution in [1.29, 1.82) is 0 Å². The van der Waals surface area contributed by atoms with Crippen molar-refractivity contribution in [3.63, 3.8) is 0 Å². The summed E-state index contributed by atoms with van der Waals surface area (Å²) in [5.74, 6) is 0. The second kappa shape index (κ2) is 9.47. The Bertz CT molecular complexity index is 930. The van der Waals surface area contributed by atoms with Crippen LogP contribution in [0, 0.1) is 0 Å². The first-order chi connectivity index (χ1) is 13.0. The summed E-state index contributed by atoms with van der Waals surface area (Å²) in [6.07, 6.45) is 12.3. The van der Waals surface area contributed by atoms with Crippen LogP contribution in [-0.4, -0.2) is 45.3 Å². The molecule has 0 aromatic carbocycles. The van der Waals surface area contributed by atoms with Crippen molar-refractivity contribution < 1.29 is 0 Å². The number of rotatable bonds is 5. The minimum Gasteiger partial charge on any atom is -0.303 e. The highest BCUT2D eigenvalue weighted by molar-refractivity contribution is 6.00. The molecule has 0 spiro atoms. The minimum atomic E-state index is -0.0878. The predicted molar refractivity (Wildman–Crippen MR) is 111 cm³/mol. The van der Waals surface area contributed by atoms with Gasteiger partial charge in [-0.15, -0.1) is 0 Å². The largest absolute Gasteiger partial charge is 0.303 e. The Balaban J connectivity index is 0.00000126. The monoisotopic (exact) mass is 366 g/mol. The van der Waals surface area contributed by atoms with Crippen LogP contribution < -0.4 is 5.43 Å². The summed E-state index contributed by atoms with van der Waals surface area (Å²) in [7, 11) is 3.65. The lowest BCUT2D eigenvalue weighted by molar-refractivity contribution is 0.440. The maximum Gasteiger partial charge on any atom is 0.203 e. The number of hydrazone groups is 1. The standard InChI is InChI=1S/C18H20N6O.C2H6/c1-13(11-20-23(2)3)24-8-7-18(25)17(22-24)10-14-5-4-6-16-15(9-14)12-19-21-16;1-2/h4,6-9,11-12H,1,5,10H2,2-3H3,(H,19,21);1-2H3/b20-11-;. The molecule has 7 heteroatoms. The van der Waals surface area contributed by atoms with Crippen molar-refractivity contribution in [2.75, 3.05) is 14.1 Å². The van der Waals surface area contributed by atoms with Crippen molar-refractivity contribution in [3.05, 3.63) is 63.9 Å². The molecule has 0 unspecified atom stereocenters. The van der Waals surface area contributed by atoms with Gasteiger partial charge in [-0.25, -0.2) is 4.68 Å². The quantitative estimate of drug-likeness (QED) is 0.651. The molecule has 0 amide bonds. The molecule has 1 N–H and O–H groups in total. The number of aromatic nitrogens is 4. The molecule has 0 aliphatic heterocycles. The van der Waals surface area contributed by atoms with Gasteiger partial charge in [-0.3, -0.25) is 9.89 Å². The highest BCUT2D eigenvalue weighted by atomic mass is 16.1. The van der Waals surface area contributed by atoms with Gasteiger partial charge in [0.1, 0.15) is 5.69 Å². The van der Waals surface area contributed by atoms with E-state index in [0.717, 1.165) is 23.3 Å². The van der Waals surface area contributed by atoms with Crippen LogP contribution in [0.5, 0.6) is 0 Å². The van der Waals surface area contributed by atoms with E-state index >= 15 is 0 Å². The van der Waals surface area contributed by atoms with Crippen LogP contribution in [0.3, 0.4) is 0 Å². The normalized spacial score (nSPS) is 12.7. The van der Waals surface area contributed by atoms with Crippen LogP contribution in [0.2, 0.25) is 0 Å². The van der Waals surface area contributed by atoms with Gasteiger partial charge in [-0.2, -0.15) is 15.3 Å². The molecule has 0 radical (unpaired) electrons. The van der Waals surface area contributed by atoms with Gasteiger partial charge < -0.3 is 5.01 Å². The molecule has 0 bridgehead atoms. The molecule has 2 aromatic rings. The van der Waals surface area contributed by atoms with E-state index in [1.165, 1.54) is 6.07 Å². The second-order valence-electron chi connectivity index (χ2n) is 5.98. The van der Waals surface area contributed by atoms with E-state index in [2.05, 4.69) is 39.1 Å². The third-order valence-corrected chi connectivity index (χ3v) is 3.73. The SMILES string of the molecule is C=C(/C=N\N(C)C)n1ccc(=O)c(CC2=Cc3cn[nH]c3C=CC2)n1.CC. The van der Waals surface area contributed by atoms with E-state index in [1.807, 2.05) is 34.0 Å². The molecule has 27 heavy (non-hydrogen) atoms. The molecule has 7 nitrogen and oxygen atoms in total. The van der Waals surface area contributed by atoms with E-state index in [0.29, 0.717) is 17.8 Å². The number of H-pyrrole nitrogens is 1. The highest BCUT2D eigenvalue weighted by Crippen LogP contribution is 2.20. The number of fused-ring (bicyclic) bond motifs is 1. The highest BCUT2D eigenvalue weighted by Gasteiger charge is 2.10. The minimum absolute atomic E-state index is 0.0878. The Morgan fingerprint density at radius 3 is 2.96 bits per heavy atom. The molecule has 1 aliphatic carbocycles. The summed E-state index contributed by atoms with van der Waals surface area (Å²) in [4.78, 5) is 12.2. The fourth-order valence-electron chi connectivity index (χ4n) is 2.47. The summed E-state index contributed by atoms with van der Waals surface area (Å²) in [6, 6.07) is 1.51. The lowest BCUT2D eigenvalue weighted by Crippen LogP contribution is -2.17. The number of hydrogen-bond donors (Lipinski definition) is 1. The summed E-state index contributed by atoms with van der Waals surface area (Å²) in [5.41, 5.74) is 4.07. The van der Waals surface area contributed by atoms with Gasteiger partial charge in [0, 0.05) is 38.3 Å². The fraction of sp³-hybridized carbons (Fsp3) is 0.300. The Morgan fingerprint density at radius 2 is 2.22 bits per heavy atom. The van der Waals surface area contributed by atoms with E-state index < -0.39 is 0 Å². The van der Waals surface area contributed by atoms with Gasteiger partial charge in [0.2, 0.25) is 5.43 Å². The third kappa shape index (κ3) is 5.37. The fourth-order valence-corrected chi connectivity index (χ4v) is 2.47. The van der Waals surface area contributed by atoms with Crippen LogP contribution in [0.25, 0.3) is 17.8 Å². The molecule has 1 aliphatic rings. The number of allylic oxidation sites excluding steroid dienone is 3. The summed E-state index contributed by atoms with van der Waals surface area (Å²) >= 11 is 0. The molecule has 0 atom stereocenters. The Hall–Kier alpha value is -3.22. The van der Waals surface area contributed by atoms with Crippen molar-refractivity contribution in [3.8, 4) is 0 Å². The van der Waals surface area contributed by atoms with Crippen LogP contribution in [0.15, 0.2) is 46.6 Å². The van der Waals surface area contributed by atoms with Crippen molar-refractivity contribution >= 4 is 24.1 Å². The predicted octanol–water partition coefficient (Wildman–Crippen LogP) is 3.05. The van der Waals surface area contributed by atoms with Gasteiger partial charge in [-0.1, -0.05) is 38.2 Å². The molecule has 0 saturated carbocycles. The topological polar surface area (TPSA) is 79.2 Å². The van der Waals surface area contributed by atoms with E-state index in [9.17, 15) is 4.79 Å². The van der Waals surface area contributed by atoms with Crippen molar-refractivity contribution in [1.82, 2.24) is 25.0 Å². The first-order valence-electron chi connectivity index (χ1n) is 8.92. The maximum absolute atomic E-state index is 12.2. The average molecular weight is 366 g/mol. The first kappa shape index (κ1) is 20.1. The van der Waals surface area contributed by atoms with E-state index in [4.69, 9.17) is 0 Å². The maximum atomic E-state index is 12.2. The molecule has 0 fully saturated rings. The van der Waals surface area contributed by atoms with Crippen molar-refractivity contribution in [2.45, 2.75) is 26.7 Å². The Morgan fingerprint density at radius 1 is 1.44 bits per heavy atom. The smallest absolute Gasteiger partial charge is 0.203 e. The van der Waals surface area contributed by atoms with Crippen LogP contribution in [0.4, 0.5) is 0 Å². The average Bonchev–Trinajstić information content (AvgIpc) is 3.01. The molecule has 2 aromatic heterocycles. The zero-order valence-electron chi connectivity index (χ0n) is 16.3. The lowest BCUT2D eigenvalue weighted by Gasteiger charge is -2.09. The van der Waals surface area contributed by atoms with Crippen molar-refractivity contribution in [2.24, 2.45) is 5.10 Å². The third-order valence-electron chi connectivity index (χ3n) is 3.73. The van der Waals surface area contributed by atoms with Gasteiger partial charge in [-0.05, 0) is 12.5 Å². The Kier molecular flexibility index (Phi) is 7.05. The van der Waals surface area contributed by atoms with Gasteiger partial charge in [0.25, 0.3) is 0 Å². The molecule has 2 heterocycles. The second-order valence-corrected chi connectivity index (χ2v) is 5.98. The zero-order chi connectivity index (χ0) is 19.8. The number of nitrogens with zero attached hydrogens (tertiary/aromatic N) is 5. The van der Waals surface area contributed by atoms with Crippen LogP contribution in [0.1, 0.15) is 37.2 Å². The van der Waals surface area contributed by atoms with E-state index in [1.54, 1.807) is 28.3 Å². The lowest BCUT2D eigenvalue weighted by atomic mass is 10.1. The van der Waals surface area contributed by atoms with Gasteiger partial charge in [0.05, 0.1) is 23.8 Å². The number of nitrogens with one attached hydrogen (secondary N) is 1. The van der Waals surface area contributed by atoms with Crippen LogP contribution in [-0.2, 0) is 6.42 Å². The molecule has 142 valence electrons. The zero-order valence-corrected chi connectivity index (χ0v) is 16.3. The molecule has 3 rings (SSSR count). The number of hydrogen-bond acceptors (Lipinski definition) is 5. The first-order valence-corrected chi connectivity index (χ1v) is 8.92. The van der Waals surface area contributed by atoms with Gasteiger partial charge in [0.15, 0.2) is 0 Å². The van der Waals surface area contributed by atoms with E-state index in [-0.39, 0.29) is 5.43 Å². The van der Waals surface area contributed by atoms with Crippen LogP contribution >= 0.6 is 0 Å². The number of aromatic amines is 1. The molecule has 0 saturated heterocycles. The molecular formula is C20H26N6O. The summed E-state index contributed by atoms with van der Waals surface area (Å²) in [5, 5.41) is 17.2.